The lowest BCUT2D eigenvalue weighted by Gasteiger charge is -2.16. The fourth-order valence-corrected chi connectivity index (χ4v) is 4.41. The van der Waals surface area contributed by atoms with Crippen molar-refractivity contribution in [2.45, 2.75) is 44.0 Å². The Bertz CT molecular complexity index is 859. The van der Waals surface area contributed by atoms with Crippen molar-refractivity contribution in [2.24, 2.45) is 0 Å². The number of hydrogen-bond acceptors (Lipinski definition) is 4. The van der Waals surface area contributed by atoms with E-state index in [0.29, 0.717) is 25.8 Å². The molecule has 0 aliphatic carbocycles. The minimum absolute atomic E-state index is 0.0287. The molecule has 2 heterocycles. The zero-order chi connectivity index (χ0) is 18.0. The second-order valence-corrected chi connectivity index (χ2v) is 8.07. The van der Waals surface area contributed by atoms with Gasteiger partial charge in [-0.15, -0.1) is 0 Å². The van der Waals surface area contributed by atoms with E-state index in [1.807, 2.05) is 19.1 Å². The van der Waals surface area contributed by atoms with E-state index in [1.165, 1.54) is 6.92 Å². The van der Waals surface area contributed by atoms with Gasteiger partial charge in [-0.05, 0) is 55.7 Å². The summed E-state index contributed by atoms with van der Waals surface area (Å²) < 4.78 is 33.2. The van der Waals surface area contributed by atoms with Crippen molar-refractivity contribution in [1.29, 1.82) is 0 Å². The molecule has 1 N–H and O–H groups in total. The van der Waals surface area contributed by atoms with Gasteiger partial charge >= 0.3 is 0 Å². The molecule has 1 amide bonds. The van der Waals surface area contributed by atoms with Crippen molar-refractivity contribution in [1.82, 2.24) is 4.72 Å². The van der Waals surface area contributed by atoms with Crippen LogP contribution in [0.4, 0.5) is 5.69 Å². The van der Waals surface area contributed by atoms with Crippen molar-refractivity contribution in [2.75, 3.05) is 11.4 Å². The normalized spacial score (nSPS) is 15.2. The average molecular weight is 362 g/mol. The monoisotopic (exact) mass is 362 g/mol. The van der Waals surface area contributed by atoms with E-state index in [2.05, 4.69) is 4.72 Å². The number of fused-ring (bicyclic) bond motifs is 1. The molecule has 0 saturated carbocycles. The third-order valence-electron chi connectivity index (χ3n) is 4.40. The Morgan fingerprint density at radius 1 is 1.36 bits per heavy atom. The highest BCUT2D eigenvalue weighted by Gasteiger charge is 2.25. The van der Waals surface area contributed by atoms with E-state index < -0.39 is 10.0 Å². The molecule has 1 aliphatic rings. The predicted octanol–water partition coefficient (Wildman–Crippen LogP) is 2.49. The summed E-state index contributed by atoms with van der Waals surface area (Å²) in [5.41, 5.74) is 1.69. The maximum Gasteiger partial charge on any atom is 0.240 e. The Balaban J connectivity index is 1.69. The molecule has 3 rings (SSSR count). The van der Waals surface area contributed by atoms with E-state index in [-0.39, 0.29) is 16.8 Å². The van der Waals surface area contributed by atoms with Crippen molar-refractivity contribution in [3.63, 3.8) is 0 Å². The number of nitrogens with zero attached hydrogens (tertiary/aromatic N) is 1. The highest BCUT2D eigenvalue weighted by molar-refractivity contribution is 7.89. The molecule has 0 bridgehead atoms. The van der Waals surface area contributed by atoms with E-state index in [9.17, 15) is 13.2 Å². The van der Waals surface area contributed by atoms with Crippen LogP contribution in [0.3, 0.4) is 0 Å². The van der Waals surface area contributed by atoms with Gasteiger partial charge in [-0.2, -0.15) is 0 Å². The van der Waals surface area contributed by atoms with Crippen LogP contribution < -0.4 is 9.62 Å². The highest BCUT2D eigenvalue weighted by atomic mass is 32.2. The van der Waals surface area contributed by atoms with Crippen LogP contribution in [-0.4, -0.2) is 26.9 Å². The van der Waals surface area contributed by atoms with E-state index in [4.69, 9.17) is 4.42 Å². The van der Waals surface area contributed by atoms with Crippen LogP contribution in [0.1, 0.15) is 31.6 Å². The molecule has 1 aromatic heterocycles. The van der Waals surface area contributed by atoms with Gasteiger partial charge in [0.05, 0.1) is 11.2 Å². The lowest BCUT2D eigenvalue weighted by molar-refractivity contribution is -0.116. The number of anilines is 1. The van der Waals surface area contributed by atoms with Crippen LogP contribution in [0.25, 0.3) is 0 Å². The standard InChI is InChI=1S/C18H22N2O4S/c1-13(5-6-16-4-3-11-24-16)19-25(22,23)17-7-8-18-15(12-17)9-10-20(18)14(2)21/h3-4,7-8,11-13,19H,5-6,9-10H2,1-2H3. The van der Waals surface area contributed by atoms with E-state index >= 15 is 0 Å². The zero-order valence-electron chi connectivity index (χ0n) is 14.4. The largest absolute Gasteiger partial charge is 0.469 e. The molecule has 1 atom stereocenters. The Labute approximate surface area is 147 Å². The number of amides is 1. The molecule has 6 nitrogen and oxygen atoms in total. The van der Waals surface area contributed by atoms with E-state index in [1.54, 1.807) is 29.4 Å². The molecular weight excluding hydrogens is 340 g/mol. The lowest BCUT2D eigenvalue weighted by Crippen LogP contribution is -2.33. The number of carbonyl (C=O) groups excluding carboxylic acids is 1. The first kappa shape index (κ1) is 17.7. The van der Waals surface area contributed by atoms with Gasteiger partial charge in [0.2, 0.25) is 15.9 Å². The second-order valence-electron chi connectivity index (χ2n) is 6.35. The van der Waals surface area contributed by atoms with Crippen LogP contribution in [0.15, 0.2) is 45.9 Å². The third-order valence-corrected chi connectivity index (χ3v) is 5.98. The molecule has 0 fully saturated rings. The summed E-state index contributed by atoms with van der Waals surface area (Å²) in [5, 5.41) is 0. The van der Waals surface area contributed by atoms with Crippen LogP contribution >= 0.6 is 0 Å². The summed E-state index contributed by atoms with van der Waals surface area (Å²) in [7, 11) is -3.59. The first-order chi connectivity index (χ1) is 11.9. The SMILES string of the molecule is CC(=O)N1CCc2cc(S(=O)(=O)NC(C)CCc3ccco3)ccc21. The summed E-state index contributed by atoms with van der Waals surface area (Å²) >= 11 is 0. The predicted molar refractivity (Wildman–Crippen MR) is 95.0 cm³/mol. The number of nitrogens with one attached hydrogen (secondary N) is 1. The van der Waals surface area contributed by atoms with Gasteiger partial charge in [-0.3, -0.25) is 4.79 Å². The number of rotatable bonds is 6. The van der Waals surface area contributed by atoms with Crippen LogP contribution in [0.2, 0.25) is 0 Å². The molecule has 1 unspecified atom stereocenters. The number of carbonyl (C=O) groups is 1. The maximum atomic E-state index is 12.6. The van der Waals surface area contributed by atoms with Gasteiger partial charge in [0.15, 0.2) is 0 Å². The van der Waals surface area contributed by atoms with Crippen molar-refractivity contribution < 1.29 is 17.6 Å². The molecule has 2 aromatic rings. The molecule has 1 aromatic carbocycles. The van der Waals surface area contributed by atoms with Crippen LogP contribution in [-0.2, 0) is 27.7 Å². The summed E-state index contributed by atoms with van der Waals surface area (Å²) in [6.45, 7) is 3.95. The Morgan fingerprint density at radius 2 is 2.16 bits per heavy atom. The van der Waals surface area contributed by atoms with Crippen molar-refractivity contribution in [3.05, 3.63) is 47.9 Å². The maximum absolute atomic E-state index is 12.6. The summed E-state index contributed by atoms with van der Waals surface area (Å²) in [5.74, 6) is 0.812. The molecule has 25 heavy (non-hydrogen) atoms. The second kappa shape index (κ2) is 7.01. The Kier molecular flexibility index (Phi) is 4.96. The molecule has 0 radical (unpaired) electrons. The molecule has 0 saturated heterocycles. The molecule has 0 spiro atoms. The average Bonchev–Trinajstić information content (AvgIpc) is 3.21. The third kappa shape index (κ3) is 3.93. The van der Waals surface area contributed by atoms with Crippen LogP contribution in [0, 0.1) is 0 Å². The van der Waals surface area contributed by atoms with Crippen molar-refractivity contribution in [3.8, 4) is 0 Å². The number of sulfonamides is 1. The minimum atomic E-state index is -3.59. The van der Waals surface area contributed by atoms with Gasteiger partial charge in [-0.1, -0.05) is 0 Å². The number of furan rings is 1. The quantitative estimate of drug-likeness (QED) is 0.856. The first-order valence-corrected chi connectivity index (χ1v) is 9.81. The number of aryl methyl sites for hydroxylation is 1. The molecule has 1 aliphatic heterocycles. The summed E-state index contributed by atoms with van der Waals surface area (Å²) in [6.07, 6.45) is 3.61. The zero-order valence-corrected chi connectivity index (χ0v) is 15.2. The Morgan fingerprint density at radius 3 is 2.84 bits per heavy atom. The summed E-state index contributed by atoms with van der Waals surface area (Å²) in [6, 6.07) is 8.42. The lowest BCUT2D eigenvalue weighted by atomic mass is 10.2. The van der Waals surface area contributed by atoms with Gasteiger partial charge in [-0.25, -0.2) is 13.1 Å². The fourth-order valence-electron chi connectivity index (χ4n) is 3.08. The molecule has 134 valence electrons. The highest BCUT2D eigenvalue weighted by Crippen LogP contribution is 2.30. The number of hydrogen-bond donors (Lipinski definition) is 1. The van der Waals surface area contributed by atoms with Crippen molar-refractivity contribution >= 4 is 21.6 Å². The van der Waals surface area contributed by atoms with Gasteiger partial charge in [0.25, 0.3) is 0 Å². The van der Waals surface area contributed by atoms with Gasteiger partial charge in [0.1, 0.15) is 5.76 Å². The Hall–Kier alpha value is -2.12. The minimum Gasteiger partial charge on any atom is -0.469 e. The van der Waals surface area contributed by atoms with E-state index in [0.717, 1.165) is 17.0 Å². The number of benzene rings is 1. The molecule has 7 heteroatoms. The fraction of sp³-hybridized carbons (Fsp3) is 0.389. The van der Waals surface area contributed by atoms with Crippen LogP contribution in [0.5, 0.6) is 0 Å². The topological polar surface area (TPSA) is 79.6 Å². The van der Waals surface area contributed by atoms with Gasteiger partial charge < -0.3 is 9.32 Å². The first-order valence-electron chi connectivity index (χ1n) is 8.32. The molecular formula is C18H22N2O4S. The summed E-state index contributed by atoms with van der Waals surface area (Å²) in [4.78, 5) is 13.5. The smallest absolute Gasteiger partial charge is 0.240 e. The van der Waals surface area contributed by atoms with Gasteiger partial charge in [0, 0.05) is 31.6 Å².